The van der Waals surface area contributed by atoms with E-state index in [1.54, 1.807) is 59.7 Å². The molecule has 0 aromatic heterocycles. The Morgan fingerprint density at radius 1 is 1.05 bits per heavy atom. The van der Waals surface area contributed by atoms with Crippen molar-refractivity contribution >= 4 is 41.2 Å². The van der Waals surface area contributed by atoms with Crippen molar-refractivity contribution in [1.82, 2.24) is 5.32 Å². The van der Waals surface area contributed by atoms with Crippen LogP contribution in [0.3, 0.4) is 0 Å². The first kappa shape index (κ1) is 30.2. The largest absolute Gasteiger partial charge is 0.460 e. The van der Waals surface area contributed by atoms with Crippen molar-refractivity contribution in [3.8, 4) is 0 Å². The fourth-order valence-corrected chi connectivity index (χ4v) is 5.22. The molecule has 0 spiro atoms. The van der Waals surface area contributed by atoms with Crippen LogP contribution in [0, 0.1) is 17.8 Å². The molecule has 6 atom stereocenters. The number of amides is 1. The van der Waals surface area contributed by atoms with Crippen LogP contribution in [0.2, 0.25) is 10.0 Å². The Hall–Kier alpha value is -2.33. The van der Waals surface area contributed by atoms with E-state index in [-0.39, 0.29) is 12.4 Å². The molecule has 0 heterocycles. The highest BCUT2D eigenvalue weighted by Gasteiger charge is 2.81. The first-order chi connectivity index (χ1) is 17.4. The van der Waals surface area contributed by atoms with Crippen molar-refractivity contribution in [3.05, 3.63) is 46.1 Å². The number of alkyl carbamates (subject to hydrolysis) is 1. The summed E-state index contributed by atoms with van der Waals surface area (Å²) in [5.74, 6) is -3.89. The van der Waals surface area contributed by atoms with Crippen molar-refractivity contribution in [2.24, 2.45) is 17.8 Å². The quantitative estimate of drug-likeness (QED) is 0.272. The van der Waals surface area contributed by atoms with Gasteiger partial charge in [0.25, 0.3) is 0 Å². The summed E-state index contributed by atoms with van der Waals surface area (Å²) in [7, 11) is 0. The molecule has 38 heavy (non-hydrogen) atoms. The van der Waals surface area contributed by atoms with E-state index in [4.69, 9.17) is 42.1 Å². The molecule has 1 aromatic rings. The van der Waals surface area contributed by atoms with Gasteiger partial charge in [-0.15, -0.1) is 0 Å². The number of carbonyl (C=O) groups excluding carboxylic acids is 3. The molecule has 1 amide bonds. The number of fused-ring (bicyclic) bond motifs is 1. The van der Waals surface area contributed by atoms with Crippen LogP contribution in [0.4, 0.5) is 4.79 Å². The number of hydrogen-bond donors (Lipinski definition) is 2. The fraction of sp³-hybridized carbons (Fsp3) is 0.593. The Kier molecular flexibility index (Phi) is 8.49. The van der Waals surface area contributed by atoms with Gasteiger partial charge in [-0.2, -0.15) is 0 Å². The molecule has 0 unspecified atom stereocenters. The van der Waals surface area contributed by atoms with Gasteiger partial charge in [0.2, 0.25) is 0 Å². The van der Waals surface area contributed by atoms with Crippen LogP contribution in [-0.2, 0) is 35.1 Å². The molecule has 3 rings (SSSR count). The topological polar surface area (TPSA) is 120 Å². The fourth-order valence-electron chi connectivity index (χ4n) is 4.90. The number of esters is 2. The lowest BCUT2D eigenvalue weighted by atomic mass is 9.86. The molecule has 2 saturated carbocycles. The second-order valence-corrected chi connectivity index (χ2v) is 12.5. The van der Waals surface area contributed by atoms with Crippen molar-refractivity contribution in [3.63, 3.8) is 0 Å². The van der Waals surface area contributed by atoms with E-state index in [0.29, 0.717) is 15.6 Å². The number of ether oxygens (including phenoxy) is 4. The Morgan fingerprint density at radius 2 is 1.66 bits per heavy atom. The first-order valence-electron chi connectivity index (χ1n) is 12.2. The highest BCUT2D eigenvalue weighted by atomic mass is 35.5. The van der Waals surface area contributed by atoms with Crippen LogP contribution in [0.5, 0.6) is 0 Å². The summed E-state index contributed by atoms with van der Waals surface area (Å²) in [5, 5.41) is 14.6. The number of nitrogens with one attached hydrogen (secondary N) is 1. The van der Waals surface area contributed by atoms with Crippen molar-refractivity contribution in [2.45, 2.75) is 84.0 Å². The van der Waals surface area contributed by atoms with Gasteiger partial charge >= 0.3 is 18.0 Å². The molecule has 0 aliphatic heterocycles. The minimum absolute atomic E-state index is 0.0738. The molecule has 0 bridgehead atoms. The molecule has 11 heteroatoms. The molecule has 2 aliphatic carbocycles. The zero-order valence-electron chi connectivity index (χ0n) is 22.6. The molecule has 0 radical (unpaired) electrons. The normalized spacial score (nSPS) is 28.2. The van der Waals surface area contributed by atoms with Crippen LogP contribution >= 0.6 is 23.2 Å². The Labute approximate surface area is 232 Å². The summed E-state index contributed by atoms with van der Waals surface area (Å²) in [6.45, 7) is 15.1. The number of hydrogen-bond acceptors (Lipinski definition) is 8. The summed E-state index contributed by atoms with van der Waals surface area (Å²) in [6, 6.07) is 4.86. The minimum atomic E-state index is -1.97. The zero-order chi connectivity index (χ0) is 28.8. The number of aliphatic hydroxyl groups is 1. The highest BCUT2D eigenvalue weighted by Crippen LogP contribution is 2.64. The summed E-state index contributed by atoms with van der Waals surface area (Å²) in [6.07, 6.45) is -3.62. The van der Waals surface area contributed by atoms with Crippen LogP contribution in [0.15, 0.2) is 30.5 Å². The van der Waals surface area contributed by atoms with E-state index < -0.39 is 64.7 Å². The van der Waals surface area contributed by atoms with Crippen molar-refractivity contribution < 1.29 is 38.4 Å². The number of rotatable bonds is 7. The lowest BCUT2D eigenvalue weighted by Crippen LogP contribution is -2.66. The molecular formula is C27H35Cl2NO8. The molecule has 0 saturated heterocycles. The van der Waals surface area contributed by atoms with Gasteiger partial charge in [0, 0.05) is 11.8 Å². The molecule has 210 valence electrons. The molecule has 9 nitrogen and oxygen atoms in total. The summed E-state index contributed by atoms with van der Waals surface area (Å²) in [4.78, 5) is 39.8. The molecule has 2 fully saturated rings. The van der Waals surface area contributed by atoms with Gasteiger partial charge < -0.3 is 29.4 Å². The van der Waals surface area contributed by atoms with Crippen LogP contribution < -0.4 is 5.32 Å². The number of carbonyl (C=O) groups is 3. The summed E-state index contributed by atoms with van der Waals surface area (Å²) < 4.78 is 22.4. The van der Waals surface area contributed by atoms with Crippen molar-refractivity contribution in [1.29, 1.82) is 0 Å². The predicted molar refractivity (Wildman–Crippen MR) is 140 cm³/mol. The van der Waals surface area contributed by atoms with Gasteiger partial charge in [-0.1, -0.05) is 35.8 Å². The maximum Gasteiger partial charge on any atom is 0.413 e. The Balaban J connectivity index is 2.04. The first-order valence-corrected chi connectivity index (χ1v) is 13.0. The summed E-state index contributed by atoms with van der Waals surface area (Å²) >= 11 is 12.1. The maximum atomic E-state index is 13.9. The minimum Gasteiger partial charge on any atom is -0.460 e. The van der Waals surface area contributed by atoms with E-state index in [1.807, 2.05) is 0 Å². The number of halogens is 2. The lowest BCUT2D eigenvalue weighted by Gasteiger charge is -2.39. The zero-order valence-corrected chi connectivity index (χ0v) is 24.1. The van der Waals surface area contributed by atoms with Gasteiger partial charge in [-0.25, -0.2) is 9.59 Å². The average molecular weight is 572 g/mol. The van der Waals surface area contributed by atoms with E-state index in [1.165, 1.54) is 6.92 Å². The standard InChI is InChI=1S/C27H35Cl2NO8/c1-13(2)36-24(34)30-27(23(33)38-26(6,7)8)19-17(18(19)22(32)37-25(3,4)5)20(31)21(27)35-12-14-9-10-15(28)16(29)11-14/h9-11,17-21,31H,1,12H2,2-8H3,(H,30,34)/t17-,18-,19-,20+,21+,27+/m0/s1. The second kappa shape index (κ2) is 10.7. The third kappa shape index (κ3) is 6.45. The van der Waals surface area contributed by atoms with Crippen molar-refractivity contribution in [2.75, 3.05) is 0 Å². The van der Waals surface area contributed by atoms with E-state index in [2.05, 4.69) is 11.9 Å². The number of allylic oxidation sites excluding steroid dienone is 1. The monoisotopic (exact) mass is 571 g/mol. The molecular weight excluding hydrogens is 537 g/mol. The van der Waals surface area contributed by atoms with Gasteiger partial charge in [0.05, 0.1) is 34.4 Å². The molecule has 1 aromatic carbocycles. The Morgan fingerprint density at radius 3 is 2.18 bits per heavy atom. The molecule has 2 N–H and O–H groups in total. The van der Waals surface area contributed by atoms with Gasteiger partial charge in [-0.05, 0) is 66.2 Å². The van der Waals surface area contributed by atoms with Gasteiger partial charge in [0.15, 0.2) is 5.54 Å². The smallest absolute Gasteiger partial charge is 0.413 e. The van der Waals surface area contributed by atoms with E-state index >= 15 is 0 Å². The van der Waals surface area contributed by atoms with Crippen LogP contribution in [0.25, 0.3) is 0 Å². The third-order valence-corrected chi connectivity index (χ3v) is 6.90. The van der Waals surface area contributed by atoms with Gasteiger partial charge in [0.1, 0.15) is 17.3 Å². The number of benzene rings is 1. The Bertz CT molecular complexity index is 1130. The van der Waals surface area contributed by atoms with Gasteiger partial charge in [-0.3, -0.25) is 4.79 Å². The van der Waals surface area contributed by atoms with Crippen LogP contribution in [0.1, 0.15) is 54.0 Å². The summed E-state index contributed by atoms with van der Waals surface area (Å²) in [5.41, 5.74) is -3.12. The van der Waals surface area contributed by atoms with E-state index in [0.717, 1.165) is 0 Å². The highest BCUT2D eigenvalue weighted by molar-refractivity contribution is 6.42. The SMILES string of the molecule is C=C(C)OC(=O)N[C@]1(C(=O)OC(C)(C)C)[C@@H]2[C@@H](C(=O)OC(C)(C)C)[C@@H]2[C@@H](O)[C@H]1OCc1ccc(Cl)c(Cl)c1. The molecule has 2 aliphatic rings. The maximum absolute atomic E-state index is 13.9. The second-order valence-electron chi connectivity index (χ2n) is 11.7. The number of aliphatic hydroxyl groups excluding tert-OH is 1. The average Bonchev–Trinajstić information content (AvgIpc) is 3.43. The van der Waals surface area contributed by atoms with E-state index in [9.17, 15) is 19.5 Å². The third-order valence-electron chi connectivity index (χ3n) is 6.16. The lowest BCUT2D eigenvalue weighted by molar-refractivity contribution is -0.177. The van der Waals surface area contributed by atoms with Crippen LogP contribution in [-0.4, -0.2) is 52.1 Å². The predicted octanol–water partition coefficient (Wildman–Crippen LogP) is 4.80.